The number of hydrogen-bond acceptors (Lipinski definition) is 4. The molecule has 3 saturated heterocycles. The van der Waals surface area contributed by atoms with Crippen LogP contribution in [-0.2, 0) is 12.1 Å². The van der Waals surface area contributed by atoms with Crippen LogP contribution in [0.2, 0.25) is 0 Å². The van der Waals surface area contributed by atoms with E-state index < -0.39 is 5.72 Å². The fourth-order valence-corrected chi connectivity index (χ4v) is 5.38. The number of fused-ring (bicyclic) bond motifs is 4. The van der Waals surface area contributed by atoms with Crippen LogP contribution < -0.4 is 0 Å². The quantitative estimate of drug-likeness (QED) is 0.603. The summed E-state index contributed by atoms with van der Waals surface area (Å²) < 4.78 is 0. The smallest absolute Gasteiger partial charge is 0.160 e. The minimum absolute atomic E-state index is 0.135. The molecule has 1 unspecified atom stereocenters. The zero-order valence-electron chi connectivity index (χ0n) is 13.7. The standard InChI is InChI=1S/C19H22N2O3/c1-2-10-8-21-17-6-13-12-5-11(23)3-4-16(12)20-18(13)19(21,24)7-14(10)15(17)9-22/h2-5,14-15,17,20,22-24H,6-9H2,1H3/b10-2-/t14-,15-,17+,19-/m1/s1. The van der Waals surface area contributed by atoms with Gasteiger partial charge in [-0.1, -0.05) is 11.6 Å². The van der Waals surface area contributed by atoms with Crippen LogP contribution in [0.15, 0.2) is 29.8 Å². The normalized spacial score (nSPS) is 38.7. The topological polar surface area (TPSA) is 79.7 Å². The number of phenols is 1. The second-order valence-electron chi connectivity index (χ2n) is 7.45. The number of piperidine rings is 3. The minimum Gasteiger partial charge on any atom is -0.508 e. The predicted octanol–water partition coefficient (Wildman–Crippen LogP) is 1.83. The van der Waals surface area contributed by atoms with Gasteiger partial charge in [-0.2, -0.15) is 0 Å². The van der Waals surface area contributed by atoms with Gasteiger partial charge in [-0.25, -0.2) is 0 Å². The molecule has 6 rings (SSSR count). The van der Waals surface area contributed by atoms with Gasteiger partial charge in [-0.15, -0.1) is 0 Å². The van der Waals surface area contributed by atoms with Gasteiger partial charge in [-0.3, -0.25) is 4.90 Å². The molecule has 3 fully saturated rings. The van der Waals surface area contributed by atoms with E-state index in [9.17, 15) is 15.3 Å². The predicted molar refractivity (Wildman–Crippen MR) is 90.5 cm³/mol. The lowest BCUT2D eigenvalue weighted by molar-refractivity contribution is -0.221. The van der Waals surface area contributed by atoms with Gasteiger partial charge in [0.15, 0.2) is 5.72 Å². The summed E-state index contributed by atoms with van der Waals surface area (Å²) in [7, 11) is 0. The number of aromatic hydroxyl groups is 1. The van der Waals surface area contributed by atoms with Crippen molar-refractivity contribution >= 4 is 10.9 Å². The summed E-state index contributed by atoms with van der Waals surface area (Å²) in [6.45, 7) is 2.95. The van der Waals surface area contributed by atoms with Gasteiger partial charge in [0.25, 0.3) is 0 Å². The molecule has 5 atom stereocenters. The van der Waals surface area contributed by atoms with Crippen molar-refractivity contribution in [2.24, 2.45) is 11.8 Å². The first kappa shape index (κ1) is 14.5. The average molecular weight is 326 g/mol. The average Bonchev–Trinajstić information content (AvgIpc) is 2.93. The van der Waals surface area contributed by atoms with Crippen molar-refractivity contribution in [1.82, 2.24) is 9.88 Å². The Morgan fingerprint density at radius 2 is 2.25 bits per heavy atom. The molecule has 2 aromatic rings. The molecule has 0 spiro atoms. The van der Waals surface area contributed by atoms with Crippen molar-refractivity contribution in [3.05, 3.63) is 41.1 Å². The number of aromatic amines is 1. The summed E-state index contributed by atoms with van der Waals surface area (Å²) in [6.07, 6.45) is 3.54. The highest BCUT2D eigenvalue weighted by molar-refractivity contribution is 5.86. The number of aliphatic hydroxyl groups excluding tert-OH is 1. The zero-order chi connectivity index (χ0) is 16.6. The van der Waals surface area contributed by atoms with Gasteiger partial charge >= 0.3 is 0 Å². The third-order valence-electron chi connectivity index (χ3n) is 6.51. The highest BCUT2D eigenvalue weighted by Gasteiger charge is 2.59. The maximum absolute atomic E-state index is 11.6. The highest BCUT2D eigenvalue weighted by Crippen LogP contribution is 2.56. The van der Waals surface area contributed by atoms with Crippen LogP contribution in [0.1, 0.15) is 24.6 Å². The molecule has 4 bridgehead atoms. The summed E-state index contributed by atoms with van der Waals surface area (Å²) in [5.74, 6) is 0.623. The Kier molecular flexibility index (Phi) is 2.80. The Morgan fingerprint density at radius 1 is 1.42 bits per heavy atom. The zero-order valence-corrected chi connectivity index (χ0v) is 13.7. The highest BCUT2D eigenvalue weighted by atomic mass is 16.3. The maximum atomic E-state index is 11.6. The van der Waals surface area contributed by atoms with Crippen molar-refractivity contribution in [3.63, 3.8) is 0 Å². The summed E-state index contributed by atoms with van der Waals surface area (Å²) in [4.78, 5) is 5.57. The van der Waals surface area contributed by atoms with E-state index in [0.29, 0.717) is 6.42 Å². The lowest BCUT2D eigenvalue weighted by Gasteiger charge is -2.61. The van der Waals surface area contributed by atoms with Gasteiger partial charge in [0, 0.05) is 42.4 Å². The first-order valence-electron chi connectivity index (χ1n) is 8.66. The fraction of sp³-hybridized carbons (Fsp3) is 0.474. The second-order valence-corrected chi connectivity index (χ2v) is 7.45. The Bertz CT molecular complexity index is 871. The summed E-state index contributed by atoms with van der Waals surface area (Å²) in [6, 6.07) is 5.44. The third-order valence-corrected chi connectivity index (χ3v) is 6.51. The summed E-state index contributed by atoms with van der Waals surface area (Å²) >= 11 is 0. The van der Waals surface area contributed by atoms with E-state index in [1.54, 1.807) is 12.1 Å². The molecule has 24 heavy (non-hydrogen) atoms. The number of aliphatic hydroxyl groups is 2. The largest absolute Gasteiger partial charge is 0.508 e. The Balaban J connectivity index is 1.74. The van der Waals surface area contributed by atoms with E-state index in [0.717, 1.165) is 35.1 Å². The molecule has 5 nitrogen and oxygen atoms in total. The van der Waals surface area contributed by atoms with E-state index in [-0.39, 0.29) is 30.2 Å². The Labute approximate surface area is 140 Å². The molecule has 4 N–H and O–H groups in total. The number of phenolic OH excluding ortho intramolecular Hbond substituents is 1. The number of aromatic nitrogens is 1. The number of nitrogens with one attached hydrogen (secondary N) is 1. The van der Waals surface area contributed by atoms with Gasteiger partial charge in [0.1, 0.15) is 5.75 Å². The van der Waals surface area contributed by atoms with E-state index in [4.69, 9.17) is 0 Å². The van der Waals surface area contributed by atoms with Crippen molar-refractivity contribution in [3.8, 4) is 5.75 Å². The molecule has 1 aromatic carbocycles. The van der Waals surface area contributed by atoms with E-state index in [1.165, 1.54) is 5.57 Å². The Morgan fingerprint density at radius 3 is 3.00 bits per heavy atom. The number of allylic oxidation sites excluding steroid dienone is 1. The number of hydrogen-bond donors (Lipinski definition) is 4. The van der Waals surface area contributed by atoms with Crippen LogP contribution in [0.3, 0.4) is 0 Å². The van der Waals surface area contributed by atoms with E-state index in [1.807, 2.05) is 13.0 Å². The van der Waals surface area contributed by atoms with Crippen molar-refractivity contribution in [1.29, 1.82) is 0 Å². The molecule has 0 aliphatic carbocycles. The molecule has 1 aromatic heterocycles. The van der Waals surface area contributed by atoms with Crippen LogP contribution in [0.4, 0.5) is 0 Å². The molecular formula is C19H22N2O3. The van der Waals surface area contributed by atoms with E-state index >= 15 is 0 Å². The van der Waals surface area contributed by atoms with Crippen LogP contribution in [-0.4, -0.2) is 44.4 Å². The van der Waals surface area contributed by atoms with Gasteiger partial charge in [0.2, 0.25) is 0 Å². The summed E-state index contributed by atoms with van der Waals surface area (Å²) in [5, 5.41) is 32.4. The molecule has 0 amide bonds. The first-order chi connectivity index (χ1) is 11.6. The van der Waals surface area contributed by atoms with Crippen molar-refractivity contribution in [2.75, 3.05) is 13.2 Å². The molecule has 4 aliphatic heterocycles. The molecule has 5 heterocycles. The van der Waals surface area contributed by atoms with Gasteiger partial charge < -0.3 is 20.3 Å². The molecule has 5 heteroatoms. The number of H-pyrrole nitrogens is 1. The number of nitrogens with zero attached hydrogens (tertiary/aromatic N) is 1. The lowest BCUT2D eigenvalue weighted by atomic mass is 9.63. The van der Waals surface area contributed by atoms with Crippen LogP contribution in [0.25, 0.3) is 10.9 Å². The molecular weight excluding hydrogens is 304 g/mol. The van der Waals surface area contributed by atoms with Crippen LogP contribution in [0, 0.1) is 11.8 Å². The van der Waals surface area contributed by atoms with Crippen LogP contribution in [0.5, 0.6) is 5.75 Å². The Hall–Kier alpha value is -1.82. The SMILES string of the molecule is C/C=C1/CN2[C@H]3Cc4c([nH]c5ccc(O)cc45)[C@]2(O)C[C@H]1[C@H]3CO. The second kappa shape index (κ2) is 4.63. The monoisotopic (exact) mass is 326 g/mol. The van der Waals surface area contributed by atoms with E-state index in [2.05, 4.69) is 16.0 Å². The van der Waals surface area contributed by atoms with Crippen molar-refractivity contribution in [2.45, 2.75) is 31.5 Å². The number of benzene rings is 1. The molecule has 126 valence electrons. The lowest BCUT2D eigenvalue weighted by Crippen LogP contribution is -2.69. The van der Waals surface area contributed by atoms with Crippen LogP contribution >= 0.6 is 0 Å². The molecule has 0 radical (unpaired) electrons. The van der Waals surface area contributed by atoms with Gasteiger partial charge in [0.05, 0.1) is 5.69 Å². The third kappa shape index (κ3) is 1.60. The maximum Gasteiger partial charge on any atom is 0.160 e. The minimum atomic E-state index is -1.00. The number of rotatable bonds is 1. The molecule has 4 aliphatic rings. The fourth-order valence-electron chi connectivity index (χ4n) is 5.38. The first-order valence-corrected chi connectivity index (χ1v) is 8.66. The summed E-state index contributed by atoms with van der Waals surface area (Å²) in [5.41, 5.74) is 3.23. The molecule has 0 saturated carbocycles. The van der Waals surface area contributed by atoms with Gasteiger partial charge in [-0.05, 0) is 43.0 Å². The van der Waals surface area contributed by atoms with Crippen molar-refractivity contribution < 1.29 is 15.3 Å².